The third kappa shape index (κ3) is 3.31. The van der Waals surface area contributed by atoms with E-state index < -0.39 is 0 Å². The van der Waals surface area contributed by atoms with Crippen molar-refractivity contribution >= 4 is 11.3 Å². The minimum absolute atomic E-state index is 0.327. The SMILES string of the molecule is NCCCCc1nc(-c2ccc(F)cn2)cs1. The molecule has 0 amide bonds. The van der Waals surface area contributed by atoms with Crippen molar-refractivity contribution in [2.24, 2.45) is 5.73 Å². The summed E-state index contributed by atoms with van der Waals surface area (Å²) in [4.78, 5) is 8.48. The predicted octanol–water partition coefficient (Wildman–Crippen LogP) is 2.63. The Hall–Kier alpha value is -1.33. The Morgan fingerprint density at radius 2 is 2.12 bits per heavy atom. The van der Waals surface area contributed by atoms with E-state index in [2.05, 4.69) is 9.97 Å². The minimum atomic E-state index is -0.327. The molecular weight excluding hydrogens is 237 g/mol. The summed E-state index contributed by atoms with van der Waals surface area (Å²) in [6.45, 7) is 0.720. The van der Waals surface area contributed by atoms with Gasteiger partial charge in [-0.05, 0) is 37.9 Å². The van der Waals surface area contributed by atoms with Crippen LogP contribution in [0.5, 0.6) is 0 Å². The van der Waals surface area contributed by atoms with Crippen molar-refractivity contribution in [3.8, 4) is 11.4 Å². The van der Waals surface area contributed by atoms with E-state index in [1.807, 2.05) is 5.38 Å². The molecule has 0 fully saturated rings. The van der Waals surface area contributed by atoms with Gasteiger partial charge in [-0.1, -0.05) is 0 Å². The Balaban J connectivity index is 2.04. The number of hydrogen-bond donors (Lipinski definition) is 1. The number of halogens is 1. The van der Waals surface area contributed by atoms with Crippen molar-refractivity contribution in [1.82, 2.24) is 9.97 Å². The molecule has 0 bridgehead atoms. The standard InChI is InChI=1S/C12H14FN3S/c13-9-4-5-10(15-7-9)11-8-17-12(16-11)3-1-2-6-14/h4-5,7-8H,1-3,6,14H2. The largest absolute Gasteiger partial charge is 0.330 e. The monoisotopic (exact) mass is 251 g/mol. The summed E-state index contributed by atoms with van der Waals surface area (Å²) in [7, 11) is 0. The van der Waals surface area contributed by atoms with Gasteiger partial charge in [-0.15, -0.1) is 11.3 Å². The van der Waals surface area contributed by atoms with Crippen LogP contribution in [0, 0.1) is 5.82 Å². The highest BCUT2D eigenvalue weighted by molar-refractivity contribution is 7.09. The highest BCUT2D eigenvalue weighted by atomic mass is 32.1. The van der Waals surface area contributed by atoms with Gasteiger partial charge >= 0.3 is 0 Å². The van der Waals surface area contributed by atoms with Gasteiger partial charge in [0.05, 0.1) is 22.6 Å². The molecule has 0 unspecified atom stereocenters. The van der Waals surface area contributed by atoms with Crippen LogP contribution in [0.4, 0.5) is 4.39 Å². The molecule has 0 radical (unpaired) electrons. The van der Waals surface area contributed by atoms with Crippen molar-refractivity contribution in [3.05, 3.63) is 34.5 Å². The zero-order valence-corrected chi connectivity index (χ0v) is 10.2. The fraction of sp³-hybridized carbons (Fsp3) is 0.333. The first-order valence-electron chi connectivity index (χ1n) is 5.56. The Kier molecular flexibility index (Phi) is 4.17. The lowest BCUT2D eigenvalue weighted by Crippen LogP contribution is -1.98. The van der Waals surface area contributed by atoms with Gasteiger partial charge in [0.1, 0.15) is 5.82 Å². The maximum atomic E-state index is 12.7. The molecule has 2 aromatic rings. The summed E-state index contributed by atoms with van der Waals surface area (Å²) < 4.78 is 12.7. The summed E-state index contributed by atoms with van der Waals surface area (Å²) in [6.07, 6.45) is 4.23. The summed E-state index contributed by atoms with van der Waals surface area (Å²) in [5.41, 5.74) is 6.97. The first kappa shape index (κ1) is 12.1. The van der Waals surface area contributed by atoms with E-state index in [9.17, 15) is 4.39 Å². The van der Waals surface area contributed by atoms with Gasteiger partial charge in [0.2, 0.25) is 0 Å². The Morgan fingerprint density at radius 1 is 1.24 bits per heavy atom. The summed E-state index contributed by atoms with van der Waals surface area (Å²) >= 11 is 1.61. The molecule has 2 N–H and O–H groups in total. The maximum absolute atomic E-state index is 12.7. The molecule has 3 nitrogen and oxygen atoms in total. The van der Waals surface area contributed by atoms with Crippen LogP contribution in [-0.2, 0) is 6.42 Å². The summed E-state index contributed by atoms with van der Waals surface area (Å²) in [5, 5.41) is 3.04. The van der Waals surface area contributed by atoms with E-state index >= 15 is 0 Å². The number of aryl methyl sites for hydroxylation is 1. The smallest absolute Gasteiger partial charge is 0.141 e. The van der Waals surface area contributed by atoms with E-state index in [1.54, 1.807) is 17.4 Å². The predicted molar refractivity (Wildman–Crippen MR) is 67.3 cm³/mol. The van der Waals surface area contributed by atoms with Gasteiger partial charge in [0, 0.05) is 5.38 Å². The van der Waals surface area contributed by atoms with Gasteiger partial charge in [0.15, 0.2) is 0 Å². The van der Waals surface area contributed by atoms with Crippen molar-refractivity contribution in [2.75, 3.05) is 6.54 Å². The zero-order chi connectivity index (χ0) is 12.1. The fourth-order valence-electron chi connectivity index (χ4n) is 1.49. The molecule has 0 aliphatic heterocycles. The maximum Gasteiger partial charge on any atom is 0.141 e. The van der Waals surface area contributed by atoms with Crippen LogP contribution < -0.4 is 5.73 Å². The van der Waals surface area contributed by atoms with Crippen LogP contribution in [0.25, 0.3) is 11.4 Å². The van der Waals surface area contributed by atoms with Gasteiger partial charge in [0.25, 0.3) is 0 Å². The quantitative estimate of drug-likeness (QED) is 0.831. The molecule has 0 aliphatic carbocycles. The highest BCUT2D eigenvalue weighted by Gasteiger charge is 2.05. The first-order chi connectivity index (χ1) is 8.29. The van der Waals surface area contributed by atoms with Crippen LogP contribution in [0.1, 0.15) is 17.8 Å². The van der Waals surface area contributed by atoms with Gasteiger partial charge in [-0.2, -0.15) is 0 Å². The summed E-state index contributed by atoms with van der Waals surface area (Å²) in [6, 6.07) is 3.05. The van der Waals surface area contributed by atoms with E-state index in [-0.39, 0.29) is 5.82 Å². The molecule has 0 saturated carbocycles. The molecule has 0 aliphatic rings. The number of thiazole rings is 1. The van der Waals surface area contributed by atoms with E-state index in [0.29, 0.717) is 5.69 Å². The molecule has 2 rings (SSSR count). The molecule has 17 heavy (non-hydrogen) atoms. The normalized spacial score (nSPS) is 10.7. The molecule has 0 atom stereocenters. The number of nitrogens with zero attached hydrogens (tertiary/aromatic N) is 2. The minimum Gasteiger partial charge on any atom is -0.330 e. The van der Waals surface area contributed by atoms with Crippen molar-refractivity contribution in [2.45, 2.75) is 19.3 Å². The first-order valence-corrected chi connectivity index (χ1v) is 6.44. The van der Waals surface area contributed by atoms with Crippen LogP contribution in [0.15, 0.2) is 23.7 Å². The van der Waals surface area contributed by atoms with E-state index in [1.165, 1.54) is 12.3 Å². The third-order valence-electron chi connectivity index (χ3n) is 2.39. The molecule has 0 saturated heterocycles. The second-order valence-electron chi connectivity index (χ2n) is 3.73. The molecule has 5 heteroatoms. The van der Waals surface area contributed by atoms with Crippen molar-refractivity contribution < 1.29 is 4.39 Å². The lowest BCUT2D eigenvalue weighted by atomic mass is 10.2. The van der Waals surface area contributed by atoms with Crippen LogP contribution in [0.2, 0.25) is 0 Å². The van der Waals surface area contributed by atoms with Crippen LogP contribution >= 0.6 is 11.3 Å². The average Bonchev–Trinajstić information content (AvgIpc) is 2.79. The van der Waals surface area contributed by atoms with Gasteiger partial charge in [-0.25, -0.2) is 9.37 Å². The van der Waals surface area contributed by atoms with Crippen LogP contribution in [0.3, 0.4) is 0 Å². The lowest BCUT2D eigenvalue weighted by molar-refractivity contribution is 0.622. The topological polar surface area (TPSA) is 51.8 Å². The Bertz CT molecular complexity index is 467. The Morgan fingerprint density at radius 3 is 2.82 bits per heavy atom. The molecule has 90 valence electrons. The van der Waals surface area contributed by atoms with Crippen molar-refractivity contribution in [3.63, 3.8) is 0 Å². The number of unbranched alkanes of at least 4 members (excludes halogenated alkanes) is 1. The Labute approximate surface area is 104 Å². The van der Waals surface area contributed by atoms with E-state index in [4.69, 9.17) is 5.73 Å². The number of nitrogens with two attached hydrogens (primary N) is 1. The molecule has 0 aromatic carbocycles. The molecule has 2 heterocycles. The van der Waals surface area contributed by atoms with Gasteiger partial charge in [-0.3, -0.25) is 4.98 Å². The fourth-order valence-corrected chi connectivity index (χ4v) is 2.33. The van der Waals surface area contributed by atoms with Crippen LogP contribution in [-0.4, -0.2) is 16.5 Å². The number of aromatic nitrogens is 2. The molecule has 0 spiro atoms. The zero-order valence-electron chi connectivity index (χ0n) is 9.40. The third-order valence-corrected chi connectivity index (χ3v) is 3.29. The second kappa shape index (κ2) is 5.84. The van der Waals surface area contributed by atoms with E-state index in [0.717, 1.165) is 36.5 Å². The van der Waals surface area contributed by atoms with Crippen molar-refractivity contribution in [1.29, 1.82) is 0 Å². The number of rotatable bonds is 5. The second-order valence-corrected chi connectivity index (χ2v) is 4.68. The summed E-state index contributed by atoms with van der Waals surface area (Å²) in [5.74, 6) is -0.327. The van der Waals surface area contributed by atoms with Gasteiger partial charge < -0.3 is 5.73 Å². The average molecular weight is 251 g/mol. The lowest BCUT2D eigenvalue weighted by Gasteiger charge is -1.96. The number of pyridine rings is 1. The molecule has 2 aromatic heterocycles. The highest BCUT2D eigenvalue weighted by Crippen LogP contribution is 2.21. The molecular formula is C12H14FN3S. The number of hydrogen-bond acceptors (Lipinski definition) is 4.